The second-order valence-electron chi connectivity index (χ2n) is 4.35. The van der Waals surface area contributed by atoms with Crippen LogP contribution in [0.5, 0.6) is 0 Å². The first kappa shape index (κ1) is 11.0. The molecule has 0 aliphatic heterocycles. The number of unbranched alkanes of at least 4 members (excludes halogenated alkanes) is 2. The molecule has 0 spiro atoms. The van der Waals surface area contributed by atoms with Crippen LogP contribution in [0.1, 0.15) is 51.4 Å². The maximum Gasteiger partial charge on any atom is 0.0431 e. The summed E-state index contributed by atoms with van der Waals surface area (Å²) in [5, 5.41) is 8.62. The summed E-state index contributed by atoms with van der Waals surface area (Å²) in [7, 11) is 0. The van der Waals surface area contributed by atoms with Crippen LogP contribution in [-0.4, -0.2) is 17.8 Å². The van der Waals surface area contributed by atoms with Gasteiger partial charge >= 0.3 is 0 Å². The zero-order chi connectivity index (χ0) is 9.52. The molecule has 78 valence electrons. The molecule has 2 nitrogen and oxygen atoms in total. The van der Waals surface area contributed by atoms with Crippen LogP contribution in [0, 0.1) is 5.92 Å². The predicted molar refractivity (Wildman–Crippen MR) is 55.5 cm³/mol. The van der Waals surface area contributed by atoms with Gasteiger partial charge in [-0.3, -0.25) is 0 Å². The summed E-state index contributed by atoms with van der Waals surface area (Å²) in [4.78, 5) is 0. The molecule has 0 bridgehead atoms. The minimum absolute atomic E-state index is 0.357. The molecule has 0 aromatic carbocycles. The molecule has 0 unspecified atom stereocenters. The number of hydrogen-bond donors (Lipinski definition) is 2. The molecule has 1 saturated carbocycles. The normalized spacial score (nSPS) is 29.1. The first-order valence-corrected chi connectivity index (χ1v) is 5.69. The fraction of sp³-hybridized carbons (Fsp3) is 1.00. The summed E-state index contributed by atoms with van der Waals surface area (Å²) in [6.07, 6.45) is 9.94. The van der Waals surface area contributed by atoms with Crippen LogP contribution in [0.4, 0.5) is 0 Å². The van der Waals surface area contributed by atoms with E-state index in [1.807, 2.05) is 0 Å². The maximum atomic E-state index is 8.62. The number of nitrogens with two attached hydrogens (primary N) is 1. The van der Waals surface area contributed by atoms with Crippen LogP contribution in [0.2, 0.25) is 0 Å². The molecule has 0 amide bonds. The number of aliphatic hydroxyl groups excluding tert-OH is 1. The standard InChI is InChI=1S/C11H23NO/c12-11-7-5-10(6-8-11)4-2-1-3-9-13/h10-11,13H,1-9,12H2. The Hall–Kier alpha value is -0.0800. The van der Waals surface area contributed by atoms with E-state index >= 15 is 0 Å². The van der Waals surface area contributed by atoms with Gasteiger partial charge in [0.2, 0.25) is 0 Å². The van der Waals surface area contributed by atoms with Crippen molar-refractivity contribution in [1.82, 2.24) is 0 Å². The highest BCUT2D eigenvalue weighted by molar-refractivity contribution is 4.74. The van der Waals surface area contributed by atoms with Gasteiger partial charge in [0.15, 0.2) is 0 Å². The minimum atomic E-state index is 0.357. The van der Waals surface area contributed by atoms with E-state index in [1.165, 1.54) is 44.9 Å². The molecule has 0 aromatic rings. The Balaban J connectivity index is 1.96. The number of hydrogen-bond acceptors (Lipinski definition) is 2. The van der Waals surface area contributed by atoms with Crippen molar-refractivity contribution < 1.29 is 5.11 Å². The smallest absolute Gasteiger partial charge is 0.0431 e. The van der Waals surface area contributed by atoms with Gasteiger partial charge in [0.25, 0.3) is 0 Å². The average molecular weight is 185 g/mol. The molecule has 1 aliphatic carbocycles. The summed E-state index contributed by atoms with van der Waals surface area (Å²) in [5.74, 6) is 0.929. The van der Waals surface area contributed by atoms with E-state index in [0.29, 0.717) is 12.6 Å². The van der Waals surface area contributed by atoms with Gasteiger partial charge < -0.3 is 10.8 Å². The Kier molecular flexibility index (Phi) is 5.40. The molecule has 0 radical (unpaired) electrons. The predicted octanol–water partition coefficient (Wildman–Crippen LogP) is 2.06. The van der Waals surface area contributed by atoms with Crippen molar-refractivity contribution in [2.75, 3.05) is 6.61 Å². The quantitative estimate of drug-likeness (QED) is 0.644. The van der Waals surface area contributed by atoms with Crippen molar-refractivity contribution in [2.24, 2.45) is 11.7 Å². The van der Waals surface area contributed by atoms with Crippen molar-refractivity contribution in [2.45, 2.75) is 57.4 Å². The highest BCUT2D eigenvalue weighted by Crippen LogP contribution is 2.27. The lowest BCUT2D eigenvalue weighted by molar-refractivity contribution is 0.271. The lowest BCUT2D eigenvalue weighted by atomic mass is 9.83. The third-order valence-electron chi connectivity index (χ3n) is 3.16. The van der Waals surface area contributed by atoms with Crippen molar-refractivity contribution in [3.8, 4) is 0 Å². The molecule has 13 heavy (non-hydrogen) atoms. The van der Waals surface area contributed by atoms with Gasteiger partial charge in [0.05, 0.1) is 0 Å². The van der Waals surface area contributed by atoms with Gasteiger partial charge in [0, 0.05) is 12.6 Å². The third kappa shape index (κ3) is 4.63. The highest BCUT2D eigenvalue weighted by atomic mass is 16.2. The van der Waals surface area contributed by atoms with Gasteiger partial charge in [-0.15, -0.1) is 0 Å². The van der Waals surface area contributed by atoms with Gasteiger partial charge in [0.1, 0.15) is 0 Å². The second kappa shape index (κ2) is 6.39. The third-order valence-corrected chi connectivity index (χ3v) is 3.16. The molecule has 3 N–H and O–H groups in total. The van der Waals surface area contributed by atoms with E-state index in [2.05, 4.69) is 0 Å². The molecule has 0 heterocycles. The summed E-state index contributed by atoms with van der Waals surface area (Å²) in [5.41, 5.74) is 5.84. The zero-order valence-electron chi connectivity index (χ0n) is 8.54. The molecule has 2 heteroatoms. The summed E-state index contributed by atoms with van der Waals surface area (Å²) in [6.45, 7) is 0.357. The maximum absolute atomic E-state index is 8.62. The van der Waals surface area contributed by atoms with E-state index in [4.69, 9.17) is 10.8 Å². The Bertz CT molecular complexity index is 119. The van der Waals surface area contributed by atoms with Crippen molar-refractivity contribution in [3.63, 3.8) is 0 Å². The van der Waals surface area contributed by atoms with E-state index < -0.39 is 0 Å². The summed E-state index contributed by atoms with van der Waals surface area (Å²) < 4.78 is 0. The molecule has 1 rings (SSSR count). The SMILES string of the molecule is NC1CCC(CCCCCO)CC1. The van der Waals surface area contributed by atoms with Crippen LogP contribution in [0.3, 0.4) is 0 Å². The van der Waals surface area contributed by atoms with Crippen LogP contribution in [0.15, 0.2) is 0 Å². The van der Waals surface area contributed by atoms with Crippen LogP contribution in [0.25, 0.3) is 0 Å². The van der Waals surface area contributed by atoms with E-state index in [1.54, 1.807) is 0 Å². The fourth-order valence-corrected chi connectivity index (χ4v) is 2.20. The van der Waals surface area contributed by atoms with Gasteiger partial charge in [-0.25, -0.2) is 0 Å². The van der Waals surface area contributed by atoms with Crippen LogP contribution in [-0.2, 0) is 0 Å². The summed E-state index contributed by atoms with van der Waals surface area (Å²) in [6, 6.07) is 0.480. The average Bonchev–Trinajstić information content (AvgIpc) is 2.15. The molecule has 0 aromatic heterocycles. The van der Waals surface area contributed by atoms with Crippen molar-refractivity contribution in [3.05, 3.63) is 0 Å². The van der Waals surface area contributed by atoms with Crippen LogP contribution < -0.4 is 5.73 Å². The molecular weight excluding hydrogens is 162 g/mol. The minimum Gasteiger partial charge on any atom is -0.396 e. The molecule has 0 saturated heterocycles. The van der Waals surface area contributed by atoms with E-state index in [-0.39, 0.29) is 0 Å². The van der Waals surface area contributed by atoms with Gasteiger partial charge in [-0.05, 0) is 38.0 Å². The molecule has 1 aliphatic rings. The molecule has 1 fully saturated rings. The number of aliphatic hydroxyl groups is 1. The topological polar surface area (TPSA) is 46.2 Å². The first-order chi connectivity index (χ1) is 6.33. The Morgan fingerprint density at radius 3 is 2.31 bits per heavy atom. The Labute approximate surface area is 81.5 Å². The number of rotatable bonds is 5. The molecular formula is C11H23NO. The van der Waals surface area contributed by atoms with Gasteiger partial charge in [-0.2, -0.15) is 0 Å². The second-order valence-corrected chi connectivity index (χ2v) is 4.35. The van der Waals surface area contributed by atoms with E-state index in [0.717, 1.165) is 12.3 Å². The van der Waals surface area contributed by atoms with Crippen molar-refractivity contribution in [1.29, 1.82) is 0 Å². The zero-order valence-corrected chi connectivity index (χ0v) is 8.54. The molecule has 0 atom stereocenters. The fourth-order valence-electron chi connectivity index (χ4n) is 2.20. The van der Waals surface area contributed by atoms with Gasteiger partial charge in [-0.1, -0.05) is 19.3 Å². The monoisotopic (exact) mass is 185 g/mol. The first-order valence-electron chi connectivity index (χ1n) is 5.69. The Morgan fingerprint density at radius 2 is 1.69 bits per heavy atom. The highest BCUT2D eigenvalue weighted by Gasteiger charge is 2.17. The van der Waals surface area contributed by atoms with Crippen molar-refractivity contribution >= 4 is 0 Å². The van der Waals surface area contributed by atoms with Crippen LogP contribution >= 0.6 is 0 Å². The van der Waals surface area contributed by atoms with E-state index in [9.17, 15) is 0 Å². The Morgan fingerprint density at radius 1 is 1.00 bits per heavy atom. The lowest BCUT2D eigenvalue weighted by Gasteiger charge is -2.25. The largest absolute Gasteiger partial charge is 0.396 e. The summed E-state index contributed by atoms with van der Waals surface area (Å²) >= 11 is 0. The lowest BCUT2D eigenvalue weighted by Crippen LogP contribution is -2.26.